The van der Waals surface area contributed by atoms with Gasteiger partial charge >= 0.3 is 0 Å². The van der Waals surface area contributed by atoms with E-state index < -0.39 is 0 Å². The Balaban J connectivity index is 2.56. The largest absolute Gasteiger partial charge is 0.264 e. The monoisotopic (exact) mass is 325 g/mol. The summed E-state index contributed by atoms with van der Waals surface area (Å²) in [6, 6.07) is 1.94. The van der Waals surface area contributed by atoms with E-state index in [0.29, 0.717) is 11.0 Å². The quantitative estimate of drug-likeness (QED) is 0.793. The molecule has 0 N–H and O–H groups in total. The normalized spacial score (nSPS) is 10.7. The van der Waals surface area contributed by atoms with Gasteiger partial charge in [-0.2, -0.15) is 0 Å². The molecule has 2 rings (SSSR count). The van der Waals surface area contributed by atoms with Gasteiger partial charge in [-0.1, -0.05) is 24.9 Å². The Labute approximate surface area is 120 Å². The first kappa shape index (κ1) is 13.4. The summed E-state index contributed by atoms with van der Waals surface area (Å²) in [5.41, 5.74) is 2.95. The fraction of sp³-hybridized carbons (Fsp3) is 0.308. The fourth-order valence-corrected chi connectivity index (χ4v) is 2.25. The highest BCUT2D eigenvalue weighted by molar-refractivity contribution is 9.10. The van der Waals surface area contributed by atoms with Gasteiger partial charge < -0.3 is 0 Å². The van der Waals surface area contributed by atoms with Gasteiger partial charge in [-0.15, -0.1) is 0 Å². The minimum Gasteiger partial charge on any atom is -0.264 e. The zero-order valence-corrected chi connectivity index (χ0v) is 12.6. The molecule has 0 saturated carbocycles. The second kappa shape index (κ2) is 5.76. The average molecular weight is 327 g/mol. The fourth-order valence-electron chi connectivity index (χ4n) is 1.68. The summed E-state index contributed by atoms with van der Waals surface area (Å²) >= 11 is 9.57. The van der Waals surface area contributed by atoms with E-state index >= 15 is 0 Å². The van der Waals surface area contributed by atoms with Crippen molar-refractivity contribution in [3.8, 4) is 11.4 Å². The van der Waals surface area contributed by atoms with Crippen molar-refractivity contribution in [3.05, 3.63) is 39.3 Å². The van der Waals surface area contributed by atoms with Gasteiger partial charge in [0, 0.05) is 18.0 Å². The highest BCUT2D eigenvalue weighted by Gasteiger charge is 2.12. The molecule has 18 heavy (non-hydrogen) atoms. The van der Waals surface area contributed by atoms with Crippen LogP contribution < -0.4 is 0 Å². The molecule has 0 aliphatic heterocycles. The Bertz CT molecular complexity index is 572. The van der Waals surface area contributed by atoms with Gasteiger partial charge in [0.05, 0.1) is 10.2 Å². The van der Waals surface area contributed by atoms with Gasteiger partial charge in [0.2, 0.25) is 0 Å². The predicted octanol–water partition coefficient (Wildman–Crippen LogP) is 4.22. The van der Waals surface area contributed by atoms with Crippen LogP contribution in [0, 0.1) is 6.92 Å². The number of aromatic nitrogens is 3. The Hall–Kier alpha value is -1.00. The van der Waals surface area contributed by atoms with E-state index in [2.05, 4.69) is 37.8 Å². The molecule has 3 nitrogen and oxygen atoms in total. The lowest BCUT2D eigenvalue weighted by molar-refractivity contribution is 0.867. The van der Waals surface area contributed by atoms with Crippen LogP contribution in [0.25, 0.3) is 11.4 Å². The van der Waals surface area contributed by atoms with Crippen molar-refractivity contribution in [2.24, 2.45) is 0 Å². The van der Waals surface area contributed by atoms with Crippen molar-refractivity contribution in [2.45, 2.75) is 26.7 Å². The van der Waals surface area contributed by atoms with Crippen LogP contribution in [0.4, 0.5) is 0 Å². The predicted molar refractivity (Wildman–Crippen MR) is 76.7 cm³/mol. The van der Waals surface area contributed by atoms with E-state index in [4.69, 9.17) is 11.6 Å². The maximum atomic E-state index is 6.14. The lowest BCUT2D eigenvalue weighted by atomic mass is 10.1. The smallest absolute Gasteiger partial charge is 0.163 e. The topological polar surface area (TPSA) is 38.7 Å². The minimum absolute atomic E-state index is 0.451. The molecule has 5 heteroatoms. The molecule has 0 amide bonds. The number of halogens is 2. The number of aryl methyl sites for hydroxylation is 2. The summed E-state index contributed by atoms with van der Waals surface area (Å²) < 4.78 is 0.788. The SMILES string of the molecule is CCCc1nc(-c2cnccc2C)nc(Cl)c1Br. The van der Waals surface area contributed by atoms with Gasteiger partial charge in [-0.3, -0.25) is 4.98 Å². The van der Waals surface area contributed by atoms with Gasteiger partial charge in [-0.05, 0) is 40.9 Å². The molecule has 0 bridgehead atoms. The van der Waals surface area contributed by atoms with Crippen molar-refractivity contribution in [1.29, 1.82) is 0 Å². The Morgan fingerprint density at radius 1 is 1.33 bits per heavy atom. The first-order chi connectivity index (χ1) is 8.63. The number of rotatable bonds is 3. The van der Waals surface area contributed by atoms with E-state index in [-0.39, 0.29) is 0 Å². The van der Waals surface area contributed by atoms with Crippen LogP contribution in [-0.4, -0.2) is 15.0 Å². The van der Waals surface area contributed by atoms with E-state index in [1.807, 2.05) is 13.0 Å². The van der Waals surface area contributed by atoms with Crippen LogP contribution in [0.2, 0.25) is 5.15 Å². The molecule has 0 fully saturated rings. The van der Waals surface area contributed by atoms with Crippen molar-refractivity contribution >= 4 is 27.5 Å². The molecule has 0 atom stereocenters. The van der Waals surface area contributed by atoms with Crippen LogP contribution in [0.15, 0.2) is 22.9 Å². The number of nitrogens with zero attached hydrogens (tertiary/aromatic N) is 3. The lowest BCUT2D eigenvalue weighted by Gasteiger charge is -2.08. The summed E-state index contributed by atoms with van der Waals surface area (Å²) in [5.74, 6) is 0.636. The number of pyridine rings is 1. The minimum atomic E-state index is 0.451. The lowest BCUT2D eigenvalue weighted by Crippen LogP contribution is -1.99. The number of hydrogen-bond donors (Lipinski definition) is 0. The van der Waals surface area contributed by atoms with Crippen LogP contribution in [0.3, 0.4) is 0 Å². The summed E-state index contributed by atoms with van der Waals surface area (Å²) in [6.45, 7) is 4.12. The summed E-state index contributed by atoms with van der Waals surface area (Å²) in [7, 11) is 0. The third-order valence-corrected chi connectivity index (χ3v) is 3.98. The molecule has 0 unspecified atom stereocenters. The molecule has 2 aromatic rings. The highest BCUT2D eigenvalue weighted by atomic mass is 79.9. The zero-order chi connectivity index (χ0) is 13.1. The van der Waals surface area contributed by atoms with Crippen molar-refractivity contribution in [1.82, 2.24) is 15.0 Å². The zero-order valence-electron chi connectivity index (χ0n) is 10.2. The van der Waals surface area contributed by atoms with Crippen LogP contribution in [0.5, 0.6) is 0 Å². The average Bonchev–Trinajstić information content (AvgIpc) is 2.35. The Morgan fingerprint density at radius 2 is 2.11 bits per heavy atom. The van der Waals surface area contributed by atoms with Gasteiger partial charge in [0.1, 0.15) is 5.15 Å². The molecule has 0 spiro atoms. The Kier molecular flexibility index (Phi) is 4.30. The first-order valence-electron chi connectivity index (χ1n) is 5.76. The van der Waals surface area contributed by atoms with Crippen LogP contribution in [-0.2, 0) is 6.42 Å². The first-order valence-corrected chi connectivity index (χ1v) is 6.93. The van der Waals surface area contributed by atoms with E-state index in [1.54, 1.807) is 12.4 Å². The molecule has 0 aliphatic rings. The van der Waals surface area contributed by atoms with E-state index in [9.17, 15) is 0 Å². The van der Waals surface area contributed by atoms with Crippen LogP contribution in [0.1, 0.15) is 24.6 Å². The van der Waals surface area contributed by atoms with E-state index in [0.717, 1.165) is 34.1 Å². The molecule has 2 heterocycles. The van der Waals surface area contributed by atoms with Crippen molar-refractivity contribution in [3.63, 3.8) is 0 Å². The summed E-state index contributed by atoms with van der Waals surface area (Å²) in [6.07, 6.45) is 5.41. The van der Waals surface area contributed by atoms with Gasteiger partial charge in [0.15, 0.2) is 5.82 Å². The molecule has 0 saturated heterocycles. The number of hydrogen-bond acceptors (Lipinski definition) is 3. The second-order valence-electron chi connectivity index (χ2n) is 4.04. The van der Waals surface area contributed by atoms with Crippen LogP contribution >= 0.6 is 27.5 Å². The molecule has 0 aromatic carbocycles. The molecule has 2 aromatic heterocycles. The van der Waals surface area contributed by atoms with Gasteiger partial charge in [0.25, 0.3) is 0 Å². The molecule has 0 radical (unpaired) electrons. The molecule has 0 aliphatic carbocycles. The Morgan fingerprint density at radius 3 is 2.78 bits per heavy atom. The van der Waals surface area contributed by atoms with E-state index in [1.165, 1.54) is 0 Å². The maximum absolute atomic E-state index is 6.14. The third-order valence-electron chi connectivity index (χ3n) is 2.65. The molecular weight excluding hydrogens is 314 g/mol. The summed E-state index contributed by atoms with van der Waals surface area (Å²) in [5, 5.41) is 0.451. The molecule has 94 valence electrons. The molecular formula is C13H13BrClN3. The van der Waals surface area contributed by atoms with Crippen molar-refractivity contribution in [2.75, 3.05) is 0 Å². The second-order valence-corrected chi connectivity index (χ2v) is 5.19. The van der Waals surface area contributed by atoms with Gasteiger partial charge in [-0.25, -0.2) is 9.97 Å². The van der Waals surface area contributed by atoms with Crippen molar-refractivity contribution < 1.29 is 0 Å². The standard InChI is InChI=1S/C13H13BrClN3/c1-3-4-10-11(14)12(15)18-13(17-10)9-7-16-6-5-8(9)2/h5-7H,3-4H2,1-2H3. The summed E-state index contributed by atoms with van der Waals surface area (Å²) in [4.78, 5) is 13.0. The maximum Gasteiger partial charge on any atom is 0.163 e. The third kappa shape index (κ3) is 2.70. The highest BCUT2D eigenvalue weighted by Crippen LogP contribution is 2.28.